The Morgan fingerprint density at radius 3 is 2.66 bits per heavy atom. The maximum Gasteiger partial charge on any atom is 0.319 e. The minimum absolute atomic E-state index is 0.0522. The maximum atomic E-state index is 13.3. The molecule has 1 aliphatic carbocycles. The van der Waals surface area contributed by atoms with Gasteiger partial charge in [0.15, 0.2) is 0 Å². The molecule has 1 aromatic carbocycles. The summed E-state index contributed by atoms with van der Waals surface area (Å²) in [6.45, 7) is 0.313. The second-order valence-corrected chi connectivity index (χ2v) is 7.59. The number of halogens is 2. The van der Waals surface area contributed by atoms with Crippen LogP contribution in [0.15, 0.2) is 30.6 Å². The predicted octanol–water partition coefficient (Wildman–Crippen LogP) is 3.84. The molecule has 0 unspecified atom stereocenters. The fourth-order valence-electron chi connectivity index (χ4n) is 3.49. The standard InChI is InChI=1S/C20H25ClFN5O2/c1-27(11-20(28)29-2)15-6-3-13(4-7-15)25-18-10-19(24-12-23-18)26-14-5-8-17(22)16(21)9-14/h5,8-10,12-13,15H,3-4,6-7,11H2,1-2H3,(H2,23,24,25,26). The number of ether oxygens (including phenoxy) is 1. The average Bonchev–Trinajstić information content (AvgIpc) is 2.71. The van der Waals surface area contributed by atoms with Crippen LogP contribution in [0.25, 0.3) is 0 Å². The monoisotopic (exact) mass is 421 g/mol. The van der Waals surface area contributed by atoms with E-state index in [4.69, 9.17) is 16.3 Å². The van der Waals surface area contributed by atoms with Crippen LogP contribution in [-0.4, -0.2) is 53.6 Å². The molecule has 1 aromatic heterocycles. The molecule has 0 bridgehead atoms. The van der Waals surface area contributed by atoms with Crippen molar-refractivity contribution in [2.75, 3.05) is 31.3 Å². The average molecular weight is 422 g/mol. The van der Waals surface area contributed by atoms with Crippen molar-refractivity contribution in [1.82, 2.24) is 14.9 Å². The number of nitrogens with one attached hydrogen (secondary N) is 2. The molecule has 7 nitrogen and oxygen atoms in total. The first-order valence-electron chi connectivity index (χ1n) is 9.52. The van der Waals surface area contributed by atoms with Crippen molar-refractivity contribution in [3.63, 3.8) is 0 Å². The molecule has 9 heteroatoms. The molecule has 1 aliphatic rings. The van der Waals surface area contributed by atoms with E-state index in [0.29, 0.717) is 30.1 Å². The summed E-state index contributed by atoms with van der Waals surface area (Å²) < 4.78 is 18.0. The molecule has 1 fully saturated rings. The molecule has 2 N–H and O–H groups in total. The van der Waals surface area contributed by atoms with Crippen LogP contribution in [0.3, 0.4) is 0 Å². The van der Waals surface area contributed by atoms with E-state index < -0.39 is 5.82 Å². The molecule has 0 saturated heterocycles. The minimum Gasteiger partial charge on any atom is -0.468 e. The second-order valence-electron chi connectivity index (χ2n) is 7.18. The highest BCUT2D eigenvalue weighted by Gasteiger charge is 2.25. The zero-order chi connectivity index (χ0) is 20.8. The summed E-state index contributed by atoms with van der Waals surface area (Å²) in [5.41, 5.74) is 0.648. The van der Waals surface area contributed by atoms with Crippen molar-refractivity contribution in [3.05, 3.63) is 41.4 Å². The van der Waals surface area contributed by atoms with Gasteiger partial charge in [0, 0.05) is 23.8 Å². The Hall–Kier alpha value is -2.45. The lowest BCUT2D eigenvalue weighted by Gasteiger charge is -2.34. The number of nitrogens with zero attached hydrogens (tertiary/aromatic N) is 3. The number of benzene rings is 1. The zero-order valence-corrected chi connectivity index (χ0v) is 17.2. The van der Waals surface area contributed by atoms with Crippen LogP contribution in [-0.2, 0) is 9.53 Å². The number of hydrogen-bond donors (Lipinski definition) is 2. The van der Waals surface area contributed by atoms with Crippen LogP contribution in [0.2, 0.25) is 5.02 Å². The van der Waals surface area contributed by atoms with Gasteiger partial charge < -0.3 is 15.4 Å². The first-order valence-corrected chi connectivity index (χ1v) is 9.90. The normalized spacial score (nSPS) is 19.1. The van der Waals surface area contributed by atoms with Crippen molar-refractivity contribution < 1.29 is 13.9 Å². The van der Waals surface area contributed by atoms with Crippen molar-refractivity contribution in [1.29, 1.82) is 0 Å². The third kappa shape index (κ3) is 6.01. The third-order valence-electron chi connectivity index (χ3n) is 5.14. The first kappa shape index (κ1) is 21.3. The highest BCUT2D eigenvalue weighted by Crippen LogP contribution is 2.26. The second kappa shape index (κ2) is 9.84. The minimum atomic E-state index is -0.463. The van der Waals surface area contributed by atoms with Gasteiger partial charge in [-0.1, -0.05) is 11.6 Å². The maximum absolute atomic E-state index is 13.3. The van der Waals surface area contributed by atoms with Gasteiger partial charge in [0.2, 0.25) is 0 Å². The van der Waals surface area contributed by atoms with Gasteiger partial charge in [0.05, 0.1) is 18.7 Å². The summed E-state index contributed by atoms with van der Waals surface area (Å²) in [6, 6.07) is 6.91. The van der Waals surface area contributed by atoms with E-state index in [-0.39, 0.29) is 11.0 Å². The first-order chi connectivity index (χ1) is 13.9. The van der Waals surface area contributed by atoms with Crippen molar-refractivity contribution in [2.45, 2.75) is 37.8 Å². The molecule has 1 heterocycles. The van der Waals surface area contributed by atoms with E-state index in [2.05, 4.69) is 25.5 Å². The molecule has 1 saturated carbocycles. The summed E-state index contributed by atoms with van der Waals surface area (Å²) in [6.07, 6.45) is 5.43. The van der Waals surface area contributed by atoms with E-state index in [1.807, 2.05) is 13.1 Å². The quantitative estimate of drug-likeness (QED) is 0.657. The van der Waals surface area contributed by atoms with E-state index >= 15 is 0 Å². The van der Waals surface area contributed by atoms with Crippen LogP contribution in [0.1, 0.15) is 25.7 Å². The summed E-state index contributed by atoms with van der Waals surface area (Å²) in [7, 11) is 3.37. The van der Waals surface area contributed by atoms with Crippen molar-refractivity contribution in [3.8, 4) is 0 Å². The third-order valence-corrected chi connectivity index (χ3v) is 5.43. The van der Waals surface area contributed by atoms with Crippen molar-refractivity contribution in [2.24, 2.45) is 0 Å². The van der Waals surface area contributed by atoms with Crippen molar-refractivity contribution >= 4 is 34.9 Å². The lowest BCUT2D eigenvalue weighted by molar-refractivity contribution is -0.142. The van der Waals surface area contributed by atoms with Crippen LogP contribution in [0, 0.1) is 5.82 Å². The van der Waals surface area contributed by atoms with Gasteiger partial charge in [0.1, 0.15) is 23.8 Å². The largest absolute Gasteiger partial charge is 0.468 e. The molecule has 3 rings (SSSR count). The van der Waals surface area contributed by atoms with Crippen LogP contribution < -0.4 is 10.6 Å². The predicted molar refractivity (Wildman–Crippen MR) is 111 cm³/mol. The van der Waals surface area contributed by atoms with Gasteiger partial charge in [-0.2, -0.15) is 0 Å². The number of carbonyl (C=O) groups excluding carboxylic acids is 1. The fourth-order valence-corrected chi connectivity index (χ4v) is 3.67. The van der Waals surface area contributed by atoms with E-state index in [1.165, 1.54) is 25.6 Å². The lowest BCUT2D eigenvalue weighted by Crippen LogP contribution is -2.41. The molecule has 0 atom stereocenters. The summed E-state index contributed by atoms with van der Waals surface area (Å²) in [5, 5.41) is 6.61. The van der Waals surface area contributed by atoms with E-state index in [0.717, 1.165) is 31.5 Å². The summed E-state index contributed by atoms with van der Waals surface area (Å²) in [5.74, 6) is 0.644. The molecule has 156 valence electrons. The molecule has 0 aliphatic heterocycles. The zero-order valence-electron chi connectivity index (χ0n) is 16.5. The Balaban J connectivity index is 1.53. The van der Waals surface area contributed by atoms with Crippen LogP contribution >= 0.6 is 11.6 Å². The summed E-state index contributed by atoms with van der Waals surface area (Å²) in [4.78, 5) is 22.0. The molecule has 29 heavy (non-hydrogen) atoms. The fraction of sp³-hybridized carbons (Fsp3) is 0.450. The number of aromatic nitrogens is 2. The topological polar surface area (TPSA) is 79.4 Å². The molecule has 0 radical (unpaired) electrons. The molecular formula is C20H25ClFN5O2. The Morgan fingerprint density at radius 1 is 1.24 bits per heavy atom. The number of methoxy groups -OCH3 is 1. The van der Waals surface area contributed by atoms with Gasteiger partial charge in [-0.05, 0) is 50.9 Å². The number of hydrogen-bond acceptors (Lipinski definition) is 7. The Labute approximate surface area is 174 Å². The Kier molecular flexibility index (Phi) is 7.22. The highest BCUT2D eigenvalue weighted by molar-refractivity contribution is 6.31. The number of anilines is 3. The van der Waals surface area contributed by atoms with Gasteiger partial charge in [-0.25, -0.2) is 14.4 Å². The molecule has 2 aromatic rings. The van der Waals surface area contributed by atoms with E-state index in [9.17, 15) is 9.18 Å². The smallest absolute Gasteiger partial charge is 0.319 e. The highest BCUT2D eigenvalue weighted by atomic mass is 35.5. The van der Waals surface area contributed by atoms with Crippen LogP contribution in [0.4, 0.5) is 21.7 Å². The van der Waals surface area contributed by atoms with Gasteiger partial charge in [-0.3, -0.25) is 9.69 Å². The lowest BCUT2D eigenvalue weighted by atomic mass is 9.90. The molecule has 0 amide bonds. The number of rotatable bonds is 7. The Bertz CT molecular complexity index is 845. The van der Waals surface area contributed by atoms with Gasteiger partial charge in [-0.15, -0.1) is 0 Å². The van der Waals surface area contributed by atoms with Crippen LogP contribution in [0.5, 0.6) is 0 Å². The molecular weight excluding hydrogens is 397 g/mol. The number of likely N-dealkylation sites (N-methyl/N-ethyl adjacent to an activating group) is 1. The number of esters is 1. The summed E-state index contributed by atoms with van der Waals surface area (Å²) >= 11 is 5.82. The van der Waals surface area contributed by atoms with Gasteiger partial charge in [0.25, 0.3) is 0 Å². The van der Waals surface area contributed by atoms with E-state index in [1.54, 1.807) is 6.07 Å². The SMILES string of the molecule is COC(=O)CN(C)C1CCC(Nc2cc(Nc3ccc(F)c(Cl)c3)ncn2)CC1. The Morgan fingerprint density at radius 2 is 1.97 bits per heavy atom. The van der Waals surface area contributed by atoms with Gasteiger partial charge >= 0.3 is 5.97 Å². The number of carbonyl (C=O) groups is 1. The molecule has 0 spiro atoms.